The molecule has 0 saturated heterocycles. The fraction of sp³-hybridized carbons (Fsp3) is 0.364. The minimum atomic E-state index is -4.62. The van der Waals surface area contributed by atoms with E-state index in [0.717, 1.165) is 12.8 Å². The van der Waals surface area contributed by atoms with Crippen molar-refractivity contribution >= 4 is 37.2 Å². The van der Waals surface area contributed by atoms with E-state index in [1.807, 2.05) is 0 Å². The Hall–Kier alpha value is -0.920. The number of amides is 1. The van der Waals surface area contributed by atoms with E-state index in [4.69, 9.17) is 22.3 Å². The topological polar surface area (TPSA) is 54.5 Å². The lowest BCUT2D eigenvalue weighted by atomic mass is 10.2. The van der Waals surface area contributed by atoms with Crippen molar-refractivity contribution in [1.29, 1.82) is 0 Å². The van der Waals surface area contributed by atoms with E-state index in [1.165, 1.54) is 11.9 Å². The second-order valence-electron chi connectivity index (χ2n) is 4.45. The zero-order valence-corrected chi connectivity index (χ0v) is 12.5. The van der Waals surface area contributed by atoms with Gasteiger partial charge in [-0.2, -0.15) is 0 Å². The van der Waals surface area contributed by atoms with Crippen molar-refractivity contribution in [3.63, 3.8) is 0 Å². The van der Waals surface area contributed by atoms with Gasteiger partial charge in [-0.25, -0.2) is 17.2 Å². The van der Waals surface area contributed by atoms with Crippen molar-refractivity contribution in [1.82, 2.24) is 4.90 Å². The third-order valence-electron chi connectivity index (χ3n) is 3.01. The Balaban J connectivity index is 2.60. The zero-order valence-electron chi connectivity index (χ0n) is 10.2. The predicted octanol–water partition coefficient (Wildman–Crippen LogP) is 2.78. The molecular weight excluding hydrogens is 335 g/mol. The van der Waals surface area contributed by atoms with Crippen LogP contribution in [0, 0.1) is 11.6 Å². The van der Waals surface area contributed by atoms with Crippen LogP contribution in [-0.2, 0) is 9.05 Å². The third-order valence-corrected chi connectivity index (χ3v) is 4.84. The molecule has 20 heavy (non-hydrogen) atoms. The normalized spacial score (nSPS) is 15.2. The fourth-order valence-corrected chi connectivity index (χ4v) is 3.48. The first-order valence-corrected chi connectivity index (χ1v) is 8.22. The molecule has 0 aromatic heterocycles. The van der Waals surface area contributed by atoms with Crippen LogP contribution in [0.3, 0.4) is 0 Å². The van der Waals surface area contributed by atoms with Crippen molar-refractivity contribution in [3.05, 3.63) is 28.3 Å². The summed E-state index contributed by atoms with van der Waals surface area (Å²) in [6, 6.07) is 0.576. The minimum Gasteiger partial charge on any atom is -0.339 e. The van der Waals surface area contributed by atoms with Crippen LogP contribution in [0.15, 0.2) is 11.0 Å². The number of hydrogen-bond acceptors (Lipinski definition) is 3. The highest BCUT2D eigenvalue weighted by Crippen LogP contribution is 2.34. The molecule has 0 spiro atoms. The number of carbonyl (C=O) groups excluding carboxylic acids is 1. The Morgan fingerprint density at radius 1 is 1.40 bits per heavy atom. The van der Waals surface area contributed by atoms with E-state index in [1.54, 1.807) is 0 Å². The van der Waals surface area contributed by atoms with Gasteiger partial charge in [0.1, 0.15) is 4.90 Å². The highest BCUT2D eigenvalue weighted by molar-refractivity contribution is 8.13. The summed E-state index contributed by atoms with van der Waals surface area (Å²) < 4.78 is 49.5. The lowest BCUT2D eigenvalue weighted by Gasteiger charge is -2.18. The number of rotatable bonds is 3. The maximum absolute atomic E-state index is 13.5. The summed E-state index contributed by atoms with van der Waals surface area (Å²) in [4.78, 5) is 12.2. The first-order chi connectivity index (χ1) is 9.14. The molecule has 0 atom stereocenters. The Bertz CT molecular complexity index is 689. The molecule has 1 aromatic rings. The average Bonchev–Trinajstić information content (AvgIpc) is 3.14. The van der Waals surface area contributed by atoms with Crippen LogP contribution < -0.4 is 0 Å². The van der Waals surface area contributed by atoms with Crippen LogP contribution in [0.5, 0.6) is 0 Å². The summed E-state index contributed by atoms with van der Waals surface area (Å²) in [6.45, 7) is 0. The van der Waals surface area contributed by atoms with Crippen molar-refractivity contribution in [2.24, 2.45) is 0 Å². The standard InChI is InChI=1S/C11H9Cl2F2NO3S/c1-16(5-2-3-5)11(17)6-4-7(14)9(15)10(8(6)12)20(13,18)19/h4-5H,2-3H2,1H3. The summed E-state index contributed by atoms with van der Waals surface area (Å²) in [6.07, 6.45) is 1.59. The second kappa shape index (κ2) is 5.13. The van der Waals surface area contributed by atoms with Gasteiger partial charge in [0.05, 0.1) is 10.6 Å². The lowest BCUT2D eigenvalue weighted by Crippen LogP contribution is -2.29. The summed E-state index contributed by atoms with van der Waals surface area (Å²) in [5, 5.41) is -0.712. The second-order valence-corrected chi connectivity index (χ2v) is 7.33. The molecule has 2 rings (SSSR count). The highest BCUT2D eigenvalue weighted by Gasteiger charge is 2.34. The van der Waals surface area contributed by atoms with Crippen LogP contribution in [0.25, 0.3) is 0 Å². The molecule has 0 heterocycles. The highest BCUT2D eigenvalue weighted by atomic mass is 35.7. The number of hydrogen-bond donors (Lipinski definition) is 0. The summed E-state index contributed by atoms with van der Waals surface area (Å²) >= 11 is 5.72. The molecule has 9 heteroatoms. The summed E-state index contributed by atoms with van der Waals surface area (Å²) in [5.41, 5.74) is -0.431. The van der Waals surface area contributed by atoms with Gasteiger partial charge in [0.25, 0.3) is 15.0 Å². The Kier molecular flexibility index (Phi) is 3.96. The van der Waals surface area contributed by atoms with Crippen molar-refractivity contribution < 1.29 is 22.0 Å². The van der Waals surface area contributed by atoms with Crippen LogP contribution in [0.1, 0.15) is 23.2 Å². The van der Waals surface area contributed by atoms with E-state index in [-0.39, 0.29) is 6.04 Å². The van der Waals surface area contributed by atoms with Crippen molar-refractivity contribution in [2.45, 2.75) is 23.8 Å². The molecule has 1 aliphatic rings. The Labute approximate surface area is 123 Å². The van der Waals surface area contributed by atoms with Gasteiger partial charge in [-0.3, -0.25) is 4.79 Å². The molecule has 1 amide bonds. The average molecular weight is 344 g/mol. The van der Waals surface area contributed by atoms with E-state index >= 15 is 0 Å². The molecule has 110 valence electrons. The number of halogens is 4. The fourth-order valence-electron chi connectivity index (χ4n) is 1.77. The third kappa shape index (κ3) is 2.75. The quantitative estimate of drug-likeness (QED) is 0.626. The molecule has 1 fully saturated rings. The maximum Gasteiger partial charge on any atom is 0.265 e. The summed E-state index contributed by atoms with van der Waals surface area (Å²) in [5.74, 6) is -3.88. The van der Waals surface area contributed by atoms with Crippen LogP contribution in [-0.4, -0.2) is 32.3 Å². The van der Waals surface area contributed by atoms with Gasteiger partial charge in [0, 0.05) is 23.8 Å². The molecule has 0 unspecified atom stereocenters. The van der Waals surface area contributed by atoms with Crippen LogP contribution in [0.2, 0.25) is 5.02 Å². The predicted molar refractivity (Wildman–Crippen MR) is 69.5 cm³/mol. The Morgan fingerprint density at radius 2 is 1.95 bits per heavy atom. The molecule has 0 radical (unpaired) electrons. The molecular formula is C11H9Cl2F2NO3S. The number of carbonyl (C=O) groups is 1. The van der Waals surface area contributed by atoms with E-state index in [2.05, 4.69) is 0 Å². The molecule has 0 aliphatic heterocycles. The Morgan fingerprint density at radius 3 is 2.40 bits per heavy atom. The first-order valence-electron chi connectivity index (χ1n) is 5.54. The van der Waals surface area contributed by atoms with Gasteiger partial charge in [0.15, 0.2) is 11.6 Å². The SMILES string of the molecule is CN(C(=O)c1cc(F)c(F)c(S(=O)(=O)Cl)c1Cl)C1CC1. The van der Waals surface area contributed by atoms with Gasteiger partial charge in [-0.15, -0.1) is 0 Å². The van der Waals surface area contributed by atoms with E-state index in [0.29, 0.717) is 6.07 Å². The van der Waals surface area contributed by atoms with Gasteiger partial charge >= 0.3 is 0 Å². The molecule has 4 nitrogen and oxygen atoms in total. The molecule has 1 aliphatic carbocycles. The van der Waals surface area contributed by atoms with Gasteiger partial charge < -0.3 is 4.90 Å². The number of benzene rings is 1. The lowest BCUT2D eigenvalue weighted by molar-refractivity contribution is 0.0784. The van der Waals surface area contributed by atoms with Crippen LogP contribution in [0.4, 0.5) is 8.78 Å². The molecule has 1 aromatic carbocycles. The molecule has 1 saturated carbocycles. The largest absolute Gasteiger partial charge is 0.339 e. The van der Waals surface area contributed by atoms with E-state index in [9.17, 15) is 22.0 Å². The van der Waals surface area contributed by atoms with Gasteiger partial charge in [0.2, 0.25) is 0 Å². The monoisotopic (exact) mass is 343 g/mol. The molecule has 0 bridgehead atoms. The van der Waals surface area contributed by atoms with Crippen LogP contribution >= 0.6 is 22.3 Å². The summed E-state index contributed by atoms with van der Waals surface area (Å²) in [7, 11) is 1.89. The van der Waals surface area contributed by atoms with Crippen molar-refractivity contribution in [2.75, 3.05) is 7.05 Å². The number of nitrogens with zero attached hydrogens (tertiary/aromatic N) is 1. The van der Waals surface area contributed by atoms with Gasteiger partial charge in [-0.1, -0.05) is 11.6 Å². The smallest absolute Gasteiger partial charge is 0.265 e. The first kappa shape index (κ1) is 15.5. The maximum atomic E-state index is 13.5. The minimum absolute atomic E-state index is 0.00254. The van der Waals surface area contributed by atoms with Gasteiger partial charge in [-0.05, 0) is 18.9 Å². The molecule has 0 N–H and O–H groups in total. The zero-order chi connectivity index (χ0) is 15.2. The van der Waals surface area contributed by atoms with Crippen molar-refractivity contribution in [3.8, 4) is 0 Å². The van der Waals surface area contributed by atoms with E-state index < -0.39 is 42.1 Å².